The first-order valence-corrected chi connectivity index (χ1v) is 8.75. The average Bonchev–Trinajstić information content (AvgIpc) is 3.05. The molecule has 3 rings (SSSR count). The Morgan fingerprint density at radius 1 is 1.23 bits per heavy atom. The first kappa shape index (κ1) is 17.7. The van der Waals surface area contributed by atoms with Crippen LogP contribution >= 0.6 is 11.5 Å². The van der Waals surface area contributed by atoms with Crippen LogP contribution in [0.2, 0.25) is 0 Å². The van der Waals surface area contributed by atoms with Crippen molar-refractivity contribution < 1.29 is 9.53 Å². The second-order valence-corrected chi connectivity index (χ2v) is 6.43. The maximum atomic E-state index is 11.3. The smallest absolute Gasteiger partial charge is 0.221 e. The van der Waals surface area contributed by atoms with Gasteiger partial charge in [0.15, 0.2) is 11.6 Å². The molecule has 0 unspecified atom stereocenters. The fourth-order valence-corrected chi connectivity index (χ4v) is 2.71. The minimum Gasteiger partial charge on any atom is -0.489 e. The van der Waals surface area contributed by atoms with Gasteiger partial charge < -0.3 is 15.4 Å². The topological polar surface area (TPSA) is 102 Å². The standard InChI is InChI=1S/C17H18N6O2S/c1-10(2)25-12-6-7-13(19-9-12)16-22-17(26-23-16)21-15-14(20-11(3)24)5-4-8-18-15/h4-10H,1-3H3,(H,20,24)(H,18,21,22,23). The Bertz CT molecular complexity index is 894. The number of carbonyl (C=O) groups is 1. The molecule has 0 aliphatic carbocycles. The van der Waals surface area contributed by atoms with E-state index < -0.39 is 0 Å². The van der Waals surface area contributed by atoms with E-state index in [1.54, 1.807) is 24.5 Å². The maximum Gasteiger partial charge on any atom is 0.221 e. The van der Waals surface area contributed by atoms with Crippen LogP contribution in [-0.2, 0) is 4.79 Å². The molecule has 3 aromatic heterocycles. The van der Waals surface area contributed by atoms with Gasteiger partial charge in [0.1, 0.15) is 11.4 Å². The van der Waals surface area contributed by atoms with E-state index in [9.17, 15) is 4.79 Å². The SMILES string of the molecule is CC(=O)Nc1cccnc1Nc1nc(-c2ccc(OC(C)C)cn2)ns1. The zero-order chi connectivity index (χ0) is 18.5. The number of ether oxygens (including phenoxy) is 1. The van der Waals surface area contributed by atoms with Crippen molar-refractivity contribution in [3.8, 4) is 17.3 Å². The minimum atomic E-state index is -0.174. The van der Waals surface area contributed by atoms with Crippen molar-refractivity contribution in [2.75, 3.05) is 10.6 Å². The van der Waals surface area contributed by atoms with Crippen LogP contribution < -0.4 is 15.4 Å². The Kier molecular flexibility index (Phi) is 5.37. The van der Waals surface area contributed by atoms with Crippen LogP contribution in [0.4, 0.5) is 16.6 Å². The van der Waals surface area contributed by atoms with E-state index in [-0.39, 0.29) is 12.0 Å². The summed E-state index contributed by atoms with van der Waals surface area (Å²) in [4.78, 5) is 24.3. The van der Waals surface area contributed by atoms with Crippen molar-refractivity contribution >= 4 is 34.1 Å². The number of nitrogens with zero attached hydrogens (tertiary/aromatic N) is 4. The van der Waals surface area contributed by atoms with Crippen LogP contribution in [0.25, 0.3) is 11.5 Å². The molecule has 0 spiro atoms. The van der Waals surface area contributed by atoms with Gasteiger partial charge in [-0.2, -0.15) is 9.36 Å². The molecule has 1 amide bonds. The molecule has 0 radical (unpaired) electrons. The van der Waals surface area contributed by atoms with Crippen molar-refractivity contribution in [1.29, 1.82) is 0 Å². The molecule has 0 aliphatic rings. The molecule has 3 aromatic rings. The number of amides is 1. The third kappa shape index (κ3) is 4.51. The highest BCUT2D eigenvalue weighted by atomic mass is 32.1. The van der Waals surface area contributed by atoms with Crippen LogP contribution in [0.5, 0.6) is 5.75 Å². The van der Waals surface area contributed by atoms with Gasteiger partial charge in [0, 0.05) is 24.7 Å². The number of pyridine rings is 2. The molecule has 0 saturated carbocycles. The number of hydrogen-bond acceptors (Lipinski definition) is 8. The van der Waals surface area contributed by atoms with Crippen molar-refractivity contribution in [2.24, 2.45) is 0 Å². The van der Waals surface area contributed by atoms with Gasteiger partial charge in [-0.3, -0.25) is 4.79 Å². The van der Waals surface area contributed by atoms with Gasteiger partial charge in [0.25, 0.3) is 0 Å². The summed E-state index contributed by atoms with van der Waals surface area (Å²) in [6.45, 7) is 5.36. The van der Waals surface area contributed by atoms with Gasteiger partial charge in [-0.1, -0.05) is 0 Å². The van der Waals surface area contributed by atoms with Crippen molar-refractivity contribution in [3.05, 3.63) is 36.7 Å². The Balaban J connectivity index is 1.75. The normalized spacial score (nSPS) is 10.6. The molecule has 0 saturated heterocycles. The first-order valence-electron chi connectivity index (χ1n) is 7.97. The van der Waals surface area contributed by atoms with E-state index in [4.69, 9.17) is 4.74 Å². The zero-order valence-electron chi connectivity index (χ0n) is 14.6. The highest BCUT2D eigenvalue weighted by Gasteiger charge is 2.11. The summed E-state index contributed by atoms with van der Waals surface area (Å²) in [6, 6.07) is 7.15. The van der Waals surface area contributed by atoms with E-state index in [0.717, 1.165) is 0 Å². The highest BCUT2D eigenvalue weighted by Crippen LogP contribution is 2.26. The van der Waals surface area contributed by atoms with Crippen LogP contribution in [0.3, 0.4) is 0 Å². The minimum absolute atomic E-state index is 0.0898. The molecule has 0 aliphatic heterocycles. The molecule has 3 heterocycles. The van der Waals surface area contributed by atoms with E-state index in [2.05, 4.69) is 30.0 Å². The van der Waals surface area contributed by atoms with Crippen molar-refractivity contribution in [1.82, 2.24) is 19.3 Å². The predicted octanol–water partition coefficient (Wildman–Crippen LogP) is 3.48. The zero-order valence-corrected chi connectivity index (χ0v) is 15.4. The van der Waals surface area contributed by atoms with Crippen LogP contribution in [0, 0.1) is 0 Å². The van der Waals surface area contributed by atoms with Gasteiger partial charge >= 0.3 is 0 Å². The van der Waals surface area contributed by atoms with Gasteiger partial charge in [-0.15, -0.1) is 0 Å². The van der Waals surface area contributed by atoms with Crippen molar-refractivity contribution in [3.63, 3.8) is 0 Å². The molecular weight excluding hydrogens is 352 g/mol. The monoisotopic (exact) mass is 370 g/mol. The lowest BCUT2D eigenvalue weighted by Gasteiger charge is -2.08. The fraction of sp³-hybridized carbons (Fsp3) is 0.235. The Labute approximate surface area is 154 Å². The maximum absolute atomic E-state index is 11.3. The second kappa shape index (κ2) is 7.87. The number of rotatable bonds is 6. The quantitative estimate of drug-likeness (QED) is 0.685. The number of anilines is 3. The summed E-state index contributed by atoms with van der Waals surface area (Å²) < 4.78 is 9.89. The van der Waals surface area contributed by atoms with Gasteiger partial charge in [-0.05, 0) is 38.1 Å². The summed E-state index contributed by atoms with van der Waals surface area (Å²) in [5.74, 6) is 1.53. The van der Waals surface area contributed by atoms with E-state index >= 15 is 0 Å². The molecule has 8 nitrogen and oxygen atoms in total. The Morgan fingerprint density at radius 3 is 2.77 bits per heavy atom. The third-order valence-electron chi connectivity index (χ3n) is 3.11. The number of nitrogens with one attached hydrogen (secondary N) is 2. The van der Waals surface area contributed by atoms with Crippen LogP contribution in [-0.4, -0.2) is 31.3 Å². The molecule has 0 aromatic carbocycles. The largest absolute Gasteiger partial charge is 0.489 e. The van der Waals surface area contributed by atoms with Crippen LogP contribution in [0.15, 0.2) is 36.7 Å². The number of carbonyl (C=O) groups excluding carboxylic acids is 1. The van der Waals surface area contributed by atoms with Gasteiger partial charge in [-0.25, -0.2) is 9.97 Å². The summed E-state index contributed by atoms with van der Waals surface area (Å²) in [7, 11) is 0. The summed E-state index contributed by atoms with van der Waals surface area (Å²) in [6.07, 6.45) is 3.37. The molecule has 0 atom stereocenters. The molecular formula is C17H18N6O2S. The fourth-order valence-electron chi connectivity index (χ4n) is 2.13. The molecule has 2 N–H and O–H groups in total. The number of hydrogen-bond donors (Lipinski definition) is 2. The highest BCUT2D eigenvalue weighted by molar-refractivity contribution is 7.09. The van der Waals surface area contributed by atoms with Crippen LogP contribution in [0.1, 0.15) is 20.8 Å². The summed E-state index contributed by atoms with van der Waals surface area (Å²) in [5, 5.41) is 6.34. The average molecular weight is 370 g/mol. The van der Waals surface area contributed by atoms with E-state index in [1.165, 1.54) is 18.5 Å². The number of aromatic nitrogens is 4. The van der Waals surface area contributed by atoms with E-state index in [0.29, 0.717) is 33.9 Å². The summed E-state index contributed by atoms with van der Waals surface area (Å²) >= 11 is 1.19. The summed E-state index contributed by atoms with van der Waals surface area (Å²) in [5.41, 5.74) is 1.22. The third-order valence-corrected chi connectivity index (χ3v) is 3.74. The second-order valence-electron chi connectivity index (χ2n) is 5.67. The molecule has 9 heteroatoms. The molecule has 26 heavy (non-hydrogen) atoms. The predicted molar refractivity (Wildman–Crippen MR) is 101 cm³/mol. The lowest BCUT2D eigenvalue weighted by Crippen LogP contribution is -2.08. The lowest BCUT2D eigenvalue weighted by molar-refractivity contribution is -0.114. The first-order chi connectivity index (χ1) is 12.5. The van der Waals surface area contributed by atoms with Crippen molar-refractivity contribution in [2.45, 2.75) is 26.9 Å². The lowest BCUT2D eigenvalue weighted by atomic mass is 10.3. The molecule has 0 bridgehead atoms. The molecule has 0 fully saturated rings. The van der Waals surface area contributed by atoms with Gasteiger partial charge in [0.05, 0.1) is 18.0 Å². The van der Waals surface area contributed by atoms with E-state index in [1.807, 2.05) is 26.0 Å². The molecule has 134 valence electrons. The van der Waals surface area contributed by atoms with Gasteiger partial charge in [0.2, 0.25) is 11.0 Å². The Hall–Kier alpha value is -3.07. The Morgan fingerprint density at radius 2 is 2.08 bits per heavy atom.